The highest BCUT2D eigenvalue weighted by molar-refractivity contribution is 6.30. The fraction of sp³-hybridized carbons (Fsp3) is 0.533. The van der Waals surface area contributed by atoms with Gasteiger partial charge < -0.3 is 37.7 Å². The Balaban J connectivity index is 1.56. The number of nitrogens with one attached hydrogen (secondary N) is 1. The molecule has 0 bridgehead atoms. The molecule has 0 amide bonds. The number of methoxy groups -OCH3 is 1. The molecule has 2 rings (SSSR count). The van der Waals surface area contributed by atoms with Crippen LogP contribution in [-0.2, 0) is 35.2 Å². The molecule has 0 aliphatic rings. The Morgan fingerprint density at radius 2 is 1.48 bits per heavy atom. The molecule has 1 aromatic heterocycles. The largest absolute Gasteiger partial charge is 0.510 e. The summed E-state index contributed by atoms with van der Waals surface area (Å²) in [5.41, 5.74) is 0. The lowest BCUT2D eigenvalue weighted by Crippen LogP contribution is -2.20. The first-order valence-electron chi connectivity index (χ1n) is 14.4. The third-order valence-electron chi connectivity index (χ3n) is 5.63. The van der Waals surface area contributed by atoms with Crippen LogP contribution in [0.1, 0.15) is 25.7 Å². The Hall–Kier alpha value is -3.67. The van der Waals surface area contributed by atoms with Gasteiger partial charge in [0.15, 0.2) is 12.9 Å². The van der Waals surface area contributed by atoms with Gasteiger partial charge in [-0.05, 0) is 55.7 Å². The molecule has 0 spiro atoms. The van der Waals surface area contributed by atoms with Crippen LogP contribution in [0.15, 0.2) is 58.8 Å². The van der Waals surface area contributed by atoms with Crippen LogP contribution in [0.2, 0.25) is 5.02 Å². The van der Waals surface area contributed by atoms with Crippen molar-refractivity contribution in [2.45, 2.75) is 32.4 Å². The van der Waals surface area contributed by atoms with E-state index in [1.165, 1.54) is 0 Å². The average Bonchev–Trinajstić information content (AvgIpc) is 3.03. The molecule has 14 heteroatoms. The zero-order valence-corrected chi connectivity index (χ0v) is 25.9. The second kappa shape index (κ2) is 24.7. The Morgan fingerprint density at radius 1 is 0.841 bits per heavy atom. The lowest BCUT2D eigenvalue weighted by atomic mass is 10.2. The van der Waals surface area contributed by atoms with Crippen molar-refractivity contribution in [1.29, 1.82) is 5.26 Å². The van der Waals surface area contributed by atoms with Crippen LogP contribution >= 0.6 is 11.6 Å². The van der Waals surface area contributed by atoms with Crippen molar-refractivity contribution in [2.75, 3.05) is 73.1 Å². The number of rotatable bonds is 22. The Morgan fingerprint density at radius 3 is 2.14 bits per heavy atom. The monoisotopic (exact) mass is 635 g/mol. The summed E-state index contributed by atoms with van der Waals surface area (Å²) >= 11 is 5.87. The topological polar surface area (TPSA) is 147 Å². The van der Waals surface area contributed by atoms with Crippen LogP contribution in [0, 0.1) is 11.5 Å². The number of guanidine groups is 1. The van der Waals surface area contributed by atoms with Gasteiger partial charge in [-0.15, -0.1) is 0 Å². The number of carbonyl (C=O) groups excluding carboxylic acids is 1. The smallest absolute Gasteiger partial charge is 0.494 e. The predicted octanol–water partition coefficient (Wildman–Crippen LogP) is 3.92. The number of hydrogen-bond acceptors (Lipinski definition) is 10. The number of aromatic nitrogens is 1. The maximum absolute atomic E-state index is 11.8. The minimum Gasteiger partial charge on any atom is -0.494 e. The molecule has 1 aromatic carbocycles. The van der Waals surface area contributed by atoms with Crippen LogP contribution in [0.4, 0.5) is 4.79 Å². The summed E-state index contributed by atoms with van der Waals surface area (Å²) in [5.74, 6) is 1.04. The van der Waals surface area contributed by atoms with Crippen LogP contribution in [0.25, 0.3) is 0 Å². The van der Waals surface area contributed by atoms with Gasteiger partial charge in [0.2, 0.25) is 5.96 Å². The number of unbranched alkanes of at least 4 members (excludes halogenated alkanes) is 3. The van der Waals surface area contributed by atoms with E-state index in [9.17, 15) is 4.79 Å². The van der Waals surface area contributed by atoms with Crippen LogP contribution in [0.3, 0.4) is 0 Å². The zero-order valence-electron chi connectivity index (χ0n) is 25.2. The van der Waals surface area contributed by atoms with E-state index in [1.807, 2.05) is 18.3 Å². The van der Waals surface area contributed by atoms with Crippen molar-refractivity contribution >= 4 is 23.7 Å². The van der Waals surface area contributed by atoms with E-state index < -0.39 is 6.16 Å². The van der Waals surface area contributed by atoms with E-state index in [0.29, 0.717) is 63.2 Å². The summed E-state index contributed by atoms with van der Waals surface area (Å²) in [6, 6.07) is 10.7. The molecule has 242 valence electrons. The van der Waals surface area contributed by atoms with Gasteiger partial charge in [0.05, 0.1) is 58.2 Å². The maximum Gasteiger partial charge on any atom is 0.510 e. The second-order valence-corrected chi connectivity index (χ2v) is 9.48. The lowest BCUT2D eigenvalue weighted by molar-refractivity contribution is -0.0119. The molecule has 44 heavy (non-hydrogen) atoms. The normalized spacial score (nSPS) is 11.1. The zero-order chi connectivity index (χ0) is 31.5. The van der Waals surface area contributed by atoms with Gasteiger partial charge in [0.25, 0.3) is 0 Å². The van der Waals surface area contributed by atoms with E-state index in [2.05, 4.69) is 15.3 Å². The summed E-state index contributed by atoms with van der Waals surface area (Å²) in [6.07, 6.45) is 8.22. The third-order valence-corrected chi connectivity index (χ3v) is 5.88. The van der Waals surface area contributed by atoms with E-state index in [1.54, 1.807) is 48.3 Å². The number of nitrogens with zero attached hydrogens (tertiary/aromatic N) is 4. The highest BCUT2D eigenvalue weighted by Gasteiger charge is 2.04. The second-order valence-electron chi connectivity index (χ2n) is 9.04. The van der Waals surface area contributed by atoms with Crippen LogP contribution < -0.4 is 15.4 Å². The van der Waals surface area contributed by atoms with Crippen molar-refractivity contribution < 1.29 is 38.0 Å². The predicted molar refractivity (Wildman–Crippen MR) is 163 cm³/mol. The third kappa shape index (κ3) is 18.8. The minimum absolute atomic E-state index is 0.0393. The number of nitriles is 1. The Bertz CT molecular complexity index is 1170. The van der Waals surface area contributed by atoms with E-state index in [4.69, 9.17) is 50.0 Å². The Labute approximate surface area is 263 Å². The summed E-state index contributed by atoms with van der Waals surface area (Å²) in [7, 11) is 1.62. The number of benzene rings is 1. The number of carbonyl (C=O) groups is 1. The molecule has 0 atom stereocenters. The fourth-order valence-corrected chi connectivity index (χ4v) is 3.52. The standard InChI is InChI=1S/C30H42ClN5O8/c1-38-16-17-39-18-19-40-20-21-41-22-23-43-30(37)44-25-36-13-10-27(11-14-36)35-29(34-24-32)33-12-4-2-3-5-15-42-28-8-6-26(31)7-9-28/h6-11,13-14H,2-5,12,15-23,25H2,1H3,(H,33,34). The van der Waals surface area contributed by atoms with Crippen molar-refractivity contribution in [3.05, 3.63) is 59.2 Å². The van der Waals surface area contributed by atoms with Gasteiger partial charge in [0, 0.05) is 31.1 Å². The molecular formula is C30H42ClN5O8. The van der Waals surface area contributed by atoms with Gasteiger partial charge in [-0.25, -0.2) is 9.79 Å². The van der Waals surface area contributed by atoms with Crippen molar-refractivity contribution in [3.8, 4) is 11.9 Å². The maximum atomic E-state index is 11.8. The van der Waals surface area contributed by atoms with Gasteiger partial charge in [-0.2, -0.15) is 5.26 Å². The average molecular weight is 636 g/mol. The molecule has 0 radical (unpaired) electrons. The van der Waals surface area contributed by atoms with E-state index in [-0.39, 0.29) is 25.9 Å². The summed E-state index contributed by atoms with van der Waals surface area (Å²) < 4.78 is 38.3. The molecule has 0 fully saturated rings. The number of pyridine rings is 1. The van der Waals surface area contributed by atoms with E-state index >= 15 is 0 Å². The number of ether oxygens (including phenoxy) is 7. The van der Waals surface area contributed by atoms with Gasteiger partial charge in [0.1, 0.15) is 12.4 Å². The van der Waals surface area contributed by atoms with Crippen molar-refractivity contribution in [3.63, 3.8) is 0 Å². The molecular weight excluding hydrogens is 594 g/mol. The van der Waals surface area contributed by atoms with Crippen LogP contribution in [0.5, 0.6) is 5.75 Å². The first-order chi connectivity index (χ1) is 21.6. The van der Waals surface area contributed by atoms with Gasteiger partial charge >= 0.3 is 6.16 Å². The highest BCUT2D eigenvalue weighted by atomic mass is 35.5. The fourth-order valence-electron chi connectivity index (χ4n) is 3.40. The quantitative estimate of drug-likeness (QED) is 0.0504. The van der Waals surface area contributed by atoms with Gasteiger partial charge in [-0.1, -0.05) is 18.0 Å². The molecule has 1 heterocycles. The minimum atomic E-state index is -0.805. The molecule has 0 unspecified atom stereocenters. The first kappa shape index (κ1) is 36.5. The molecule has 0 aliphatic heterocycles. The SMILES string of the molecule is COCCOCCOCCOCCOC(=O)OCn1ccc(=NC(=NCCCCCCOc2ccc(Cl)cc2)NC#N)cc1. The summed E-state index contributed by atoms with van der Waals surface area (Å²) in [5, 5.41) is 12.8. The molecule has 0 saturated heterocycles. The summed E-state index contributed by atoms with van der Waals surface area (Å²) in [6.45, 7) is 4.28. The number of aliphatic imine (C=N–C) groups is 1. The lowest BCUT2D eigenvalue weighted by Gasteiger charge is -2.09. The van der Waals surface area contributed by atoms with E-state index in [0.717, 1.165) is 31.4 Å². The Kier molecular flexibility index (Phi) is 20.5. The number of hydrogen-bond donors (Lipinski definition) is 1. The first-order valence-corrected chi connectivity index (χ1v) is 14.8. The highest BCUT2D eigenvalue weighted by Crippen LogP contribution is 2.16. The molecule has 0 saturated carbocycles. The van der Waals surface area contributed by atoms with Gasteiger partial charge in [-0.3, -0.25) is 10.3 Å². The van der Waals surface area contributed by atoms with Crippen LogP contribution in [-0.4, -0.2) is 89.8 Å². The van der Waals surface area contributed by atoms with Crippen molar-refractivity contribution in [1.82, 2.24) is 9.88 Å². The molecule has 0 aliphatic carbocycles. The summed E-state index contributed by atoms with van der Waals surface area (Å²) in [4.78, 5) is 20.6. The molecule has 1 N–H and O–H groups in total. The molecule has 2 aromatic rings. The molecule has 13 nitrogen and oxygen atoms in total. The number of halogens is 1. The van der Waals surface area contributed by atoms with Crippen molar-refractivity contribution in [2.24, 2.45) is 9.98 Å².